The molecule has 1 saturated heterocycles. The average Bonchev–Trinajstić information content (AvgIpc) is 2.35. The number of carboxylic acid groups (broad SMARTS) is 1. The Bertz CT molecular complexity index is 635. The van der Waals surface area contributed by atoms with Crippen molar-refractivity contribution in [3.8, 4) is 0 Å². The van der Waals surface area contributed by atoms with Crippen LogP contribution < -0.4 is 0 Å². The van der Waals surface area contributed by atoms with Crippen LogP contribution in [0, 0.1) is 0 Å². The number of benzene rings is 1. The van der Waals surface area contributed by atoms with Crippen molar-refractivity contribution in [2.45, 2.75) is 31.1 Å². The van der Waals surface area contributed by atoms with E-state index in [4.69, 9.17) is 5.11 Å². The summed E-state index contributed by atoms with van der Waals surface area (Å²) >= 11 is 0. The highest BCUT2D eigenvalue weighted by atomic mass is 32.2. The molecule has 116 valence electrons. The monoisotopic (exact) mass is 313 g/mol. The van der Waals surface area contributed by atoms with Crippen LogP contribution in [0.2, 0.25) is 0 Å². The van der Waals surface area contributed by atoms with Gasteiger partial charge >= 0.3 is 5.97 Å². The molecule has 0 radical (unpaired) electrons. The number of hydrogen-bond donors (Lipinski definition) is 2. The molecule has 0 bridgehead atoms. The topological polar surface area (TPSA) is 94.9 Å². The lowest BCUT2D eigenvalue weighted by Gasteiger charge is -2.45. The molecule has 21 heavy (non-hydrogen) atoms. The largest absolute Gasteiger partial charge is 0.478 e. The number of carbonyl (C=O) groups is 1. The average molecular weight is 313 g/mol. The zero-order chi connectivity index (χ0) is 15.7. The van der Waals surface area contributed by atoms with Gasteiger partial charge in [-0.3, -0.25) is 0 Å². The van der Waals surface area contributed by atoms with E-state index in [1.165, 1.54) is 22.5 Å². The second kappa shape index (κ2) is 5.75. The number of aromatic carboxylic acids is 1. The highest BCUT2D eigenvalue weighted by Gasteiger charge is 2.45. The summed E-state index contributed by atoms with van der Waals surface area (Å²) in [5, 5.41) is 19.0. The van der Waals surface area contributed by atoms with Crippen molar-refractivity contribution in [3.05, 3.63) is 35.4 Å². The van der Waals surface area contributed by atoms with Crippen molar-refractivity contribution >= 4 is 16.0 Å². The molecule has 1 aromatic rings. The first kappa shape index (κ1) is 15.9. The number of hydrogen-bond acceptors (Lipinski definition) is 4. The summed E-state index contributed by atoms with van der Waals surface area (Å²) < 4.78 is 25.7. The minimum atomic E-state index is -3.53. The maximum atomic E-state index is 12.2. The number of nitrogens with zero attached hydrogens (tertiary/aromatic N) is 1. The Kier molecular flexibility index (Phi) is 4.36. The predicted molar refractivity (Wildman–Crippen MR) is 77.5 cm³/mol. The molecule has 1 aliphatic rings. The number of rotatable bonds is 6. The summed E-state index contributed by atoms with van der Waals surface area (Å²) in [6, 6.07) is 5.89. The quantitative estimate of drug-likeness (QED) is 0.819. The standard InChI is InChI=1S/C14H19NO5S/c1-2-6-14(18)9-15(10-14)21(19,20)8-11-4-3-5-12(7-11)13(16)17/h3-5,7,18H,2,6,8-10H2,1H3,(H,16,17). The SMILES string of the molecule is CCCC1(O)CN(S(=O)(=O)Cc2cccc(C(=O)O)c2)C1. The molecule has 1 aliphatic heterocycles. The summed E-state index contributed by atoms with van der Waals surface area (Å²) in [6.07, 6.45) is 1.37. The van der Waals surface area contributed by atoms with Gasteiger partial charge in [0.2, 0.25) is 10.0 Å². The third-order valence-corrected chi connectivity index (χ3v) is 5.32. The number of carboxylic acids is 1. The smallest absolute Gasteiger partial charge is 0.335 e. The third kappa shape index (κ3) is 3.61. The highest BCUT2D eigenvalue weighted by Crippen LogP contribution is 2.29. The summed E-state index contributed by atoms with van der Waals surface area (Å²) in [6.45, 7) is 2.16. The molecule has 0 unspecified atom stereocenters. The van der Waals surface area contributed by atoms with E-state index < -0.39 is 21.6 Å². The molecule has 2 N–H and O–H groups in total. The number of sulfonamides is 1. The Labute approximate surface area is 124 Å². The summed E-state index contributed by atoms with van der Waals surface area (Å²) in [5.74, 6) is -1.34. The molecule has 7 heteroatoms. The molecule has 0 saturated carbocycles. The molecule has 0 spiro atoms. The van der Waals surface area contributed by atoms with Gasteiger partial charge in [-0.2, -0.15) is 4.31 Å². The van der Waals surface area contributed by atoms with Crippen LogP contribution in [0.25, 0.3) is 0 Å². The molecular formula is C14H19NO5S. The van der Waals surface area contributed by atoms with Crippen molar-refractivity contribution < 1.29 is 23.4 Å². The zero-order valence-corrected chi connectivity index (χ0v) is 12.6. The Hall–Kier alpha value is -1.44. The summed E-state index contributed by atoms with van der Waals surface area (Å²) in [5.41, 5.74) is -0.417. The molecule has 1 heterocycles. The molecule has 1 aromatic carbocycles. The van der Waals surface area contributed by atoms with Crippen molar-refractivity contribution in [3.63, 3.8) is 0 Å². The molecule has 0 amide bonds. The van der Waals surface area contributed by atoms with Crippen LogP contribution in [0.1, 0.15) is 35.7 Å². The van der Waals surface area contributed by atoms with Gasteiger partial charge in [0.25, 0.3) is 0 Å². The molecule has 6 nitrogen and oxygen atoms in total. The molecule has 0 aromatic heterocycles. The van der Waals surface area contributed by atoms with E-state index in [1.54, 1.807) is 6.07 Å². The van der Waals surface area contributed by atoms with Gasteiger partial charge in [0, 0.05) is 13.1 Å². The minimum Gasteiger partial charge on any atom is -0.478 e. The van der Waals surface area contributed by atoms with E-state index in [0.29, 0.717) is 12.0 Å². The van der Waals surface area contributed by atoms with E-state index in [0.717, 1.165) is 6.42 Å². The van der Waals surface area contributed by atoms with Crippen molar-refractivity contribution in [1.29, 1.82) is 0 Å². The fourth-order valence-electron chi connectivity index (χ4n) is 2.53. The molecule has 2 rings (SSSR count). The van der Waals surface area contributed by atoms with Crippen molar-refractivity contribution in [2.75, 3.05) is 13.1 Å². The van der Waals surface area contributed by atoms with Gasteiger partial charge in [0.15, 0.2) is 0 Å². The van der Waals surface area contributed by atoms with Gasteiger partial charge in [-0.1, -0.05) is 25.5 Å². The lowest BCUT2D eigenvalue weighted by atomic mass is 9.92. The van der Waals surface area contributed by atoms with Crippen LogP contribution in [-0.4, -0.2) is 47.6 Å². The highest BCUT2D eigenvalue weighted by molar-refractivity contribution is 7.88. The van der Waals surface area contributed by atoms with Crippen LogP contribution in [0.4, 0.5) is 0 Å². The van der Waals surface area contributed by atoms with Crippen LogP contribution in [0.3, 0.4) is 0 Å². The van der Waals surface area contributed by atoms with Gasteiger partial charge in [0.1, 0.15) is 0 Å². The first-order valence-electron chi connectivity index (χ1n) is 6.78. The van der Waals surface area contributed by atoms with E-state index >= 15 is 0 Å². The third-order valence-electron chi connectivity index (χ3n) is 3.57. The molecule has 0 aliphatic carbocycles. The molecular weight excluding hydrogens is 294 g/mol. The zero-order valence-electron chi connectivity index (χ0n) is 11.8. The second-order valence-corrected chi connectivity index (χ2v) is 7.47. The summed E-state index contributed by atoms with van der Waals surface area (Å²) in [4.78, 5) is 10.9. The fourth-order valence-corrected chi connectivity index (χ4v) is 4.18. The Morgan fingerprint density at radius 1 is 1.38 bits per heavy atom. The van der Waals surface area contributed by atoms with Crippen molar-refractivity contribution in [1.82, 2.24) is 4.31 Å². The Morgan fingerprint density at radius 2 is 2.05 bits per heavy atom. The van der Waals surface area contributed by atoms with Gasteiger partial charge in [-0.15, -0.1) is 0 Å². The van der Waals surface area contributed by atoms with Crippen molar-refractivity contribution in [2.24, 2.45) is 0 Å². The Morgan fingerprint density at radius 3 is 2.62 bits per heavy atom. The molecule has 1 fully saturated rings. The fraction of sp³-hybridized carbons (Fsp3) is 0.500. The van der Waals surface area contributed by atoms with E-state index in [1.807, 2.05) is 6.92 Å². The maximum Gasteiger partial charge on any atom is 0.335 e. The van der Waals surface area contributed by atoms with E-state index in [9.17, 15) is 18.3 Å². The van der Waals surface area contributed by atoms with Crippen LogP contribution in [-0.2, 0) is 15.8 Å². The van der Waals surface area contributed by atoms with Gasteiger partial charge in [0.05, 0.1) is 16.9 Å². The van der Waals surface area contributed by atoms with Gasteiger partial charge in [-0.05, 0) is 24.1 Å². The van der Waals surface area contributed by atoms with Crippen LogP contribution >= 0.6 is 0 Å². The van der Waals surface area contributed by atoms with Gasteiger partial charge in [-0.25, -0.2) is 13.2 Å². The maximum absolute atomic E-state index is 12.2. The minimum absolute atomic E-state index is 0.0637. The predicted octanol–water partition coefficient (Wildman–Crippen LogP) is 1.06. The number of β-amino-alcohol motifs (C(OH)–C–C–N with tert-alkyl or cyclic N) is 1. The lowest BCUT2D eigenvalue weighted by Crippen LogP contribution is -2.63. The first-order chi connectivity index (χ1) is 9.76. The van der Waals surface area contributed by atoms with Crippen LogP contribution in [0.15, 0.2) is 24.3 Å². The Balaban J connectivity index is 2.06. The van der Waals surface area contributed by atoms with Gasteiger partial charge < -0.3 is 10.2 Å². The lowest BCUT2D eigenvalue weighted by molar-refractivity contribution is -0.0653. The van der Waals surface area contributed by atoms with Crippen LogP contribution in [0.5, 0.6) is 0 Å². The normalized spacial score (nSPS) is 18.2. The van der Waals surface area contributed by atoms with E-state index in [2.05, 4.69) is 0 Å². The molecule has 0 atom stereocenters. The number of aliphatic hydroxyl groups is 1. The van der Waals surface area contributed by atoms with E-state index in [-0.39, 0.29) is 24.4 Å². The second-order valence-electron chi connectivity index (χ2n) is 5.50. The summed E-state index contributed by atoms with van der Waals surface area (Å²) in [7, 11) is -3.53. The first-order valence-corrected chi connectivity index (χ1v) is 8.39.